The molecule has 0 spiro atoms. The minimum Gasteiger partial charge on any atom is -0.508 e. The molecule has 0 saturated heterocycles. The summed E-state index contributed by atoms with van der Waals surface area (Å²) < 4.78 is 90.5. The molecular formula is C44H55N4O12S2+. The molecule has 18 heteroatoms. The van der Waals surface area contributed by atoms with Crippen LogP contribution in [0.2, 0.25) is 0 Å². The van der Waals surface area contributed by atoms with E-state index in [1.165, 1.54) is 18.2 Å². The van der Waals surface area contributed by atoms with Crippen LogP contribution in [0.5, 0.6) is 11.5 Å². The van der Waals surface area contributed by atoms with E-state index in [4.69, 9.17) is 14.2 Å². The lowest BCUT2D eigenvalue weighted by atomic mass is 9.90. The van der Waals surface area contributed by atoms with Gasteiger partial charge in [0.25, 0.3) is 26.1 Å². The number of ether oxygens (including phenoxy) is 3. The van der Waals surface area contributed by atoms with Crippen LogP contribution in [0.1, 0.15) is 44.4 Å². The fraction of sp³-hybridized carbons (Fsp3) is 0.341. The predicted octanol–water partition coefficient (Wildman–Crippen LogP) is 4.51. The molecule has 334 valence electrons. The highest BCUT2D eigenvalue weighted by Gasteiger charge is 2.29. The summed E-state index contributed by atoms with van der Waals surface area (Å²) in [5, 5.41) is 14.6. The van der Waals surface area contributed by atoms with Crippen LogP contribution in [0.25, 0.3) is 11.6 Å². The van der Waals surface area contributed by atoms with Crippen LogP contribution < -0.4 is 20.3 Å². The molecule has 0 atom stereocenters. The first-order valence-corrected chi connectivity index (χ1v) is 23.0. The summed E-state index contributed by atoms with van der Waals surface area (Å²) in [6.07, 6.45) is 10.3. The van der Waals surface area contributed by atoms with Gasteiger partial charge in [0.1, 0.15) is 34.4 Å². The molecule has 2 amide bonds. The van der Waals surface area contributed by atoms with Crippen LogP contribution in [0, 0.1) is 0 Å². The second-order valence-corrected chi connectivity index (χ2v) is 16.4. The number of benzene rings is 3. The molecule has 0 fully saturated rings. The van der Waals surface area contributed by atoms with Crippen LogP contribution in [-0.4, -0.2) is 125 Å². The number of aromatic hydroxyl groups is 1. The first kappa shape index (κ1) is 49.0. The summed E-state index contributed by atoms with van der Waals surface area (Å²) in [6, 6.07) is 15.4. The number of carbonyl (C=O) groups excluding carboxylic acids is 2. The summed E-state index contributed by atoms with van der Waals surface area (Å²) in [6.45, 7) is 11.4. The number of nitrogens with one attached hydrogen (secondary N) is 2. The summed E-state index contributed by atoms with van der Waals surface area (Å²) in [5.41, 5.74) is 3.80. The smallest absolute Gasteiger partial charge is 0.298 e. The zero-order chi connectivity index (χ0) is 45.3. The quantitative estimate of drug-likeness (QED) is 0.0383. The van der Waals surface area contributed by atoms with Gasteiger partial charge in [-0.15, -0.1) is 0 Å². The van der Waals surface area contributed by atoms with E-state index in [-0.39, 0.29) is 56.7 Å². The first-order chi connectivity index (χ1) is 29.6. The summed E-state index contributed by atoms with van der Waals surface area (Å²) in [5.74, 6) is -1.38. The van der Waals surface area contributed by atoms with Gasteiger partial charge >= 0.3 is 0 Å². The van der Waals surface area contributed by atoms with Crippen LogP contribution in [0.4, 0.5) is 5.69 Å². The van der Waals surface area contributed by atoms with E-state index in [1.54, 1.807) is 42.5 Å². The van der Waals surface area contributed by atoms with Crippen LogP contribution in [0.3, 0.4) is 0 Å². The monoisotopic (exact) mass is 895 g/mol. The van der Waals surface area contributed by atoms with Gasteiger partial charge < -0.3 is 34.9 Å². The predicted molar refractivity (Wildman–Crippen MR) is 237 cm³/mol. The zero-order valence-electron chi connectivity index (χ0n) is 35.2. The molecule has 1 aliphatic carbocycles. The maximum atomic E-state index is 13.0. The van der Waals surface area contributed by atoms with Crippen molar-refractivity contribution in [2.75, 3.05) is 77.2 Å². The Kier molecular flexibility index (Phi) is 18.6. The Labute approximate surface area is 363 Å². The average molecular weight is 896 g/mol. The second-order valence-electron chi connectivity index (χ2n) is 13.6. The molecule has 0 bridgehead atoms. The number of anilines is 1. The molecule has 0 aliphatic heterocycles. The van der Waals surface area contributed by atoms with Gasteiger partial charge in [-0.2, -0.15) is 16.8 Å². The molecular weight excluding hydrogens is 841 g/mol. The van der Waals surface area contributed by atoms with Crippen molar-refractivity contribution in [2.24, 2.45) is 0 Å². The third-order valence-electron chi connectivity index (χ3n) is 9.61. The molecule has 0 radical (unpaired) electrons. The van der Waals surface area contributed by atoms with Crippen LogP contribution in [-0.2, 0) is 39.3 Å². The summed E-state index contributed by atoms with van der Waals surface area (Å²) >= 11 is 0. The largest absolute Gasteiger partial charge is 0.508 e. The Morgan fingerprint density at radius 2 is 1.32 bits per heavy atom. The number of allylic oxidation sites excluding steroid dienone is 5. The normalized spacial score (nSPS) is 12.7. The Morgan fingerprint density at radius 3 is 1.87 bits per heavy atom. The highest BCUT2D eigenvalue weighted by atomic mass is 32.2. The van der Waals surface area contributed by atoms with Gasteiger partial charge in [0.2, 0.25) is 5.91 Å². The Balaban J connectivity index is 1.45. The number of hydrogen-bond acceptors (Lipinski definition) is 11. The average Bonchev–Trinajstić information content (AvgIpc) is 3.24. The van der Waals surface area contributed by atoms with E-state index in [0.29, 0.717) is 22.8 Å². The maximum absolute atomic E-state index is 13.0. The number of amides is 2. The van der Waals surface area contributed by atoms with E-state index in [0.717, 1.165) is 49.2 Å². The molecule has 0 heterocycles. The summed E-state index contributed by atoms with van der Waals surface area (Å²) in [7, 11) is -10.3. The molecule has 4 rings (SSSR count). The van der Waals surface area contributed by atoms with Crippen molar-refractivity contribution in [3.8, 4) is 11.5 Å². The van der Waals surface area contributed by atoms with Crippen molar-refractivity contribution in [1.82, 2.24) is 10.6 Å². The van der Waals surface area contributed by atoms with Crippen molar-refractivity contribution in [2.45, 2.75) is 37.5 Å². The molecule has 5 N–H and O–H groups in total. The van der Waals surface area contributed by atoms with E-state index >= 15 is 0 Å². The van der Waals surface area contributed by atoms with Crippen molar-refractivity contribution < 1.29 is 59.4 Å². The molecule has 0 aromatic heterocycles. The molecule has 0 unspecified atom stereocenters. The molecule has 3 aromatic carbocycles. The lowest BCUT2D eigenvalue weighted by molar-refractivity contribution is -0.519. The van der Waals surface area contributed by atoms with Crippen LogP contribution >= 0.6 is 0 Å². The minimum absolute atomic E-state index is 0.0502. The minimum atomic E-state index is -5.15. The topological polar surface area (TPSA) is 221 Å². The van der Waals surface area contributed by atoms with E-state index < -0.39 is 48.3 Å². The van der Waals surface area contributed by atoms with Gasteiger partial charge in [-0.1, -0.05) is 24.3 Å². The molecule has 16 nitrogen and oxygen atoms in total. The maximum Gasteiger partial charge on any atom is 0.298 e. The third-order valence-corrected chi connectivity index (χ3v) is 11.4. The fourth-order valence-electron chi connectivity index (χ4n) is 6.44. The van der Waals surface area contributed by atoms with Crippen molar-refractivity contribution in [1.29, 1.82) is 0 Å². The van der Waals surface area contributed by atoms with Gasteiger partial charge in [0, 0.05) is 55.7 Å². The van der Waals surface area contributed by atoms with Gasteiger partial charge in [-0.3, -0.25) is 18.7 Å². The SMILES string of the molecule is CCN(CC)c1ccc(C(=C2C=CC(=[N+](CC)CC)C=C2)c2cc(OCC(=O)NCCOCCOCCNC(=O)/C=C/c3ccc(O)cc3)c(S(=O)(=O)O)cc2S(=O)(=O)O)cc1. The fourth-order valence-corrected chi connectivity index (χ4v) is 7.86. The van der Waals surface area contributed by atoms with E-state index in [2.05, 4.69) is 20.1 Å². The summed E-state index contributed by atoms with van der Waals surface area (Å²) in [4.78, 5) is 25.1. The Hall–Kier alpha value is -5.63. The van der Waals surface area contributed by atoms with Gasteiger partial charge in [0.05, 0.1) is 26.4 Å². The molecule has 1 aliphatic rings. The molecule has 3 aromatic rings. The number of rotatable bonds is 23. The van der Waals surface area contributed by atoms with E-state index in [1.807, 2.05) is 52.0 Å². The highest BCUT2D eigenvalue weighted by Crippen LogP contribution is 2.39. The van der Waals surface area contributed by atoms with Crippen LogP contribution in [0.15, 0.2) is 106 Å². The number of carbonyl (C=O) groups is 2. The van der Waals surface area contributed by atoms with Gasteiger partial charge in [0.15, 0.2) is 12.3 Å². The standard InChI is InChI=1S/C44H54N4O12S2/c1-5-47(6-2)35-16-12-33(13-17-35)44(34-14-18-36(19-15-34)48(7-3)8-4)38-29-39(41(62(55,56)57)30-40(38)61(52,53)54)60-31-43(51)46-24-26-59-28-27-58-25-23-45-42(50)22-11-32-9-20-37(49)21-10-32/h9-22,29-30H,5-8,23-28,31H2,1-4H3,(H4-,45,46,49,50,51,52,53,54,55,56,57)/p+1. The van der Waals surface area contributed by atoms with Crippen molar-refractivity contribution in [3.05, 3.63) is 113 Å². The molecule has 62 heavy (non-hydrogen) atoms. The Morgan fingerprint density at radius 1 is 0.742 bits per heavy atom. The number of phenolic OH excluding ortho intramolecular Hbond substituents is 1. The zero-order valence-corrected chi connectivity index (χ0v) is 36.9. The van der Waals surface area contributed by atoms with Crippen molar-refractivity contribution in [3.63, 3.8) is 0 Å². The lowest BCUT2D eigenvalue weighted by Crippen LogP contribution is -2.32. The highest BCUT2D eigenvalue weighted by molar-refractivity contribution is 7.86. The van der Waals surface area contributed by atoms with Gasteiger partial charge in [-0.05, 0) is 105 Å². The lowest BCUT2D eigenvalue weighted by Gasteiger charge is -2.22. The number of phenols is 1. The Bertz CT molecular complexity index is 2380. The molecule has 0 saturated carbocycles. The third kappa shape index (κ3) is 14.5. The second kappa shape index (κ2) is 23.5. The van der Waals surface area contributed by atoms with E-state index in [9.17, 15) is 40.6 Å². The number of nitrogens with zero attached hydrogens (tertiary/aromatic N) is 2. The number of hydrogen-bond donors (Lipinski definition) is 5. The van der Waals surface area contributed by atoms with Crippen molar-refractivity contribution >= 4 is 55.1 Å². The van der Waals surface area contributed by atoms with Gasteiger partial charge in [-0.25, -0.2) is 4.58 Å². The first-order valence-electron chi connectivity index (χ1n) is 20.1.